The fourth-order valence-electron chi connectivity index (χ4n) is 2.46. The summed E-state index contributed by atoms with van der Waals surface area (Å²) < 4.78 is 28.5. The van der Waals surface area contributed by atoms with Crippen molar-refractivity contribution in [2.24, 2.45) is 0 Å². The number of urea groups is 1. The van der Waals surface area contributed by atoms with Gasteiger partial charge < -0.3 is 15.0 Å². The summed E-state index contributed by atoms with van der Waals surface area (Å²) in [6, 6.07) is 7.36. The summed E-state index contributed by atoms with van der Waals surface area (Å²) in [7, 11) is -1.34. The zero-order valence-corrected chi connectivity index (χ0v) is 14.4. The quantitative estimate of drug-likeness (QED) is 0.798. The number of amides is 2. The van der Waals surface area contributed by atoms with E-state index < -0.39 is 9.84 Å². The zero-order chi connectivity index (χ0) is 16.9. The van der Waals surface area contributed by atoms with Crippen molar-refractivity contribution in [1.82, 2.24) is 10.2 Å². The molecule has 1 aromatic carbocycles. The minimum atomic E-state index is -2.98. The average Bonchev–Trinajstić information content (AvgIpc) is 2.88. The number of benzene rings is 1. The Morgan fingerprint density at radius 2 is 2.04 bits per heavy atom. The highest BCUT2D eigenvalue weighted by atomic mass is 32.2. The second-order valence-corrected chi connectivity index (χ2v) is 8.14. The first kappa shape index (κ1) is 17.6. The molecular formula is C16H24N2O4S. The molecular weight excluding hydrogens is 316 g/mol. The van der Waals surface area contributed by atoms with Crippen LogP contribution in [0, 0.1) is 6.92 Å². The molecule has 1 saturated heterocycles. The van der Waals surface area contributed by atoms with Gasteiger partial charge in [0.25, 0.3) is 0 Å². The predicted octanol–water partition coefficient (Wildman–Crippen LogP) is 1.59. The SMILES string of the molecule is Cc1ccc(OCCCNC(=O)N(C)C2CCS(=O)(=O)C2)cc1. The number of ether oxygens (including phenoxy) is 1. The maximum Gasteiger partial charge on any atom is 0.317 e. The first-order valence-corrected chi connectivity index (χ1v) is 9.60. The lowest BCUT2D eigenvalue weighted by atomic mass is 10.2. The summed E-state index contributed by atoms with van der Waals surface area (Å²) in [4.78, 5) is 13.5. The van der Waals surface area contributed by atoms with Gasteiger partial charge in [0.05, 0.1) is 18.1 Å². The molecule has 1 heterocycles. The van der Waals surface area contributed by atoms with Gasteiger partial charge in [-0.1, -0.05) is 17.7 Å². The number of sulfone groups is 1. The van der Waals surface area contributed by atoms with Crippen LogP contribution in [0.25, 0.3) is 0 Å². The molecule has 1 aliphatic rings. The number of carbonyl (C=O) groups is 1. The van der Waals surface area contributed by atoms with E-state index in [4.69, 9.17) is 4.74 Å². The third-order valence-corrected chi connectivity index (χ3v) is 5.71. The monoisotopic (exact) mass is 340 g/mol. The fraction of sp³-hybridized carbons (Fsp3) is 0.562. The molecule has 6 nitrogen and oxygen atoms in total. The van der Waals surface area contributed by atoms with Crippen LogP contribution in [0.2, 0.25) is 0 Å². The first-order valence-electron chi connectivity index (χ1n) is 7.78. The molecule has 0 radical (unpaired) electrons. The van der Waals surface area contributed by atoms with Crippen LogP contribution in [0.3, 0.4) is 0 Å². The minimum absolute atomic E-state index is 0.0630. The number of carbonyl (C=O) groups excluding carboxylic acids is 1. The van der Waals surface area contributed by atoms with Gasteiger partial charge in [0.1, 0.15) is 5.75 Å². The van der Waals surface area contributed by atoms with E-state index in [0.717, 1.165) is 5.75 Å². The maximum atomic E-state index is 12.0. The standard InChI is InChI=1S/C16H24N2O4S/c1-13-4-6-15(7-5-13)22-10-3-9-17-16(19)18(2)14-8-11-23(20,21)12-14/h4-7,14H,3,8-12H2,1-2H3,(H,17,19). The average molecular weight is 340 g/mol. The van der Waals surface area contributed by atoms with Gasteiger partial charge in [-0.15, -0.1) is 0 Å². The largest absolute Gasteiger partial charge is 0.494 e. The fourth-order valence-corrected chi connectivity index (χ4v) is 4.24. The van der Waals surface area contributed by atoms with Crippen molar-refractivity contribution < 1.29 is 17.9 Å². The molecule has 0 bridgehead atoms. The van der Waals surface area contributed by atoms with Crippen molar-refractivity contribution in [2.75, 3.05) is 31.7 Å². The molecule has 1 aromatic rings. The topological polar surface area (TPSA) is 75.7 Å². The molecule has 1 fully saturated rings. The lowest BCUT2D eigenvalue weighted by molar-refractivity contribution is 0.194. The van der Waals surface area contributed by atoms with Crippen molar-refractivity contribution in [3.05, 3.63) is 29.8 Å². The van der Waals surface area contributed by atoms with E-state index in [2.05, 4.69) is 5.32 Å². The maximum absolute atomic E-state index is 12.0. The van der Waals surface area contributed by atoms with Crippen LogP contribution in [-0.4, -0.2) is 57.1 Å². The number of hydrogen-bond donors (Lipinski definition) is 1. The lowest BCUT2D eigenvalue weighted by Gasteiger charge is -2.23. The summed E-state index contributed by atoms with van der Waals surface area (Å²) in [6.45, 7) is 3.03. The molecule has 2 amide bonds. The van der Waals surface area contributed by atoms with E-state index in [1.165, 1.54) is 10.5 Å². The summed E-state index contributed by atoms with van der Waals surface area (Å²) in [6.07, 6.45) is 1.21. The van der Waals surface area contributed by atoms with E-state index in [-0.39, 0.29) is 23.6 Å². The van der Waals surface area contributed by atoms with Gasteiger partial charge in [-0.3, -0.25) is 0 Å². The van der Waals surface area contributed by atoms with Crippen LogP contribution >= 0.6 is 0 Å². The normalized spacial score (nSPS) is 19.3. The Hall–Kier alpha value is -1.76. The highest BCUT2D eigenvalue weighted by Gasteiger charge is 2.32. The smallest absolute Gasteiger partial charge is 0.317 e. The Labute approximate surface area is 137 Å². The van der Waals surface area contributed by atoms with Crippen molar-refractivity contribution in [3.8, 4) is 5.75 Å². The number of rotatable bonds is 6. The molecule has 1 aliphatic heterocycles. The third-order valence-electron chi connectivity index (χ3n) is 3.96. The van der Waals surface area contributed by atoms with Crippen LogP contribution in [-0.2, 0) is 9.84 Å². The molecule has 2 rings (SSSR count). The highest BCUT2D eigenvalue weighted by molar-refractivity contribution is 7.91. The van der Waals surface area contributed by atoms with E-state index in [9.17, 15) is 13.2 Å². The van der Waals surface area contributed by atoms with Crippen molar-refractivity contribution in [3.63, 3.8) is 0 Å². The van der Waals surface area contributed by atoms with Gasteiger partial charge >= 0.3 is 6.03 Å². The van der Waals surface area contributed by atoms with E-state index >= 15 is 0 Å². The van der Waals surface area contributed by atoms with Crippen LogP contribution in [0.5, 0.6) is 5.75 Å². The lowest BCUT2D eigenvalue weighted by Crippen LogP contribution is -2.44. The molecule has 1 atom stereocenters. The van der Waals surface area contributed by atoms with Crippen LogP contribution in [0.4, 0.5) is 4.79 Å². The van der Waals surface area contributed by atoms with Crippen molar-refractivity contribution in [1.29, 1.82) is 0 Å². The summed E-state index contributed by atoms with van der Waals surface area (Å²) in [5.74, 6) is 1.04. The molecule has 1 N–H and O–H groups in total. The summed E-state index contributed by atoms with van der Waals surface area (Å²) in [5.41, 5.74) is 1.18. The molecule has 0 saturated carbocycles. The van der Waals surface area contributed by atoms with E-state index in [1.54, 1.807) is 7.05 Å². The number of nitrogens with zero attached hydrogens (tertiary/aromatic N) is 1. The zero-order valence-electron chi connectivity index (χ0n) is 13.6. The van der Waals surface area contributed by atoms with Crippen molar-refractivity contribution >= 4 is 15.9 Å². The molecule has 0 aliphatic carbocycles. The highest BCUT2D eigenvalue weighted by Crippen LogP contribution is 2.16. The Bertz CT molecular complexity index is 628. The number of hydrogen-bond acceptors (Lipinski definition) is 4. The number of nitrogens with one attached hydrogen (secondary N) is 1. The Balaban J connectivity index is 1.64. The molecule has 128 valence electrons. The number of aryl methyl sites for hydroxylation is 1. The Morgan fingerprint density at radius 1 is 1.35 bits per heavy atom. The molecule has 1 unspecified atom stereocenters. The molecule has 0 spiro atoms. The van der Waals surface area contributed by atoms with Gasteiger partial charge in [-0.05, 0) is 31.9 Å². The van der Waals surface area contributed by atoms with Gasteiger partial charge in [0.2, 0.25) is 0 Å². The van der Waals surface area contributed by atoms with Gasteiger partial charge in [0.15, 0.2) is 9.84 Å². The molecule has 23 heavy (non-hydrogen) atoms. The van der Waals surface area contributed by atoms with E-state index in [0.29, 0.717) is 26.0 Å². The summed E-state index contributed by atoms with van der Waals surface area (Å²) >= 11 is 0. The van der Waals surface area contributed by atoms with Crippen LogP contribution in [0.1, 0.15) is 18.4 Å². The Morgan fingerprint density at radius 3 is 2.65 bits per heavy atom. The van der Waals surface area contributed by atoms with Crippen LogP contribution in [0.15, 0.2) is 24.3 Å². The van der Waals surface area contributed by atoms with Gasteiger partial charge in [0, 0.05) is 19.6 Å². The second kappa shape index (κ2) is 7.68. The third kappa shape index (κ3) is 5.42. The minimum Gasteiger partial charge on any atom is -0.494 e. The van der Waals surface area contributed by atoms with E-state index in [1.807, 2.05) is 31.2 Å². The second-order valence-electron chi connectivity index (χ2n) is 5.91. The molecule has 0 aromatic heterocycles. The van der Waals surface area contributed by atoms with Gasteiger partial charge in [-0.2, -0.15) is 0 Å². The molecule has 7 heteroatoms. The predicted molar refractivity (Wildman–Crippen MR) is 89.5 cm³/mol. The van der Waals surface area contributed by atoms with Crippen molar-refractivity contribution in [2.45, 2.75) is 25.8 Å². The Kier molecular flexibility index (Phi) is 5.87. The van der Waals surface area contributed by atoms with Crippen LogP contribution < -0.4 is 10.1 Å². The van der Waals surface area contributed by atoms with Gasteiger partial charge in [-0.25, -0.2) is 13.2 Å². The first-order chi connectivity index (χ1) is 10.9. The summed E-state index contributed by atoms with van der Waals surface area (Å²) in [5, 5.41) is 2.79.